The van der Waals surface area contributed by atoms with Crippen LogP contribution in [0.3, 0.4) is 0 Å². The second kappa shape index (κ2) is 6.10. The topological polar surface area (TPSA) is 60.5 Å². The number of aromatic nitrogens is 1. The predicted octanol–water partition coefficient (Wildman–Crippen LogP) is 2.15. The standard InChI is InChI=1S/C16H18N2O3/c1-20-16(19)12-3-2-11-4-9-18-15(14(11)10-12)21-13-5-7-17-8-6-13/h2-4,9-10,13,17H,5-8H2,1H3. The number of carbonyl (C=O) groups excluding carboxylic acids is 1. The van der Waals surface area contributed by atoms with Crippen LogP contribution in [-0.4, -0.2) is 37.3 Å². The van der Waals surface area contributed by atoms with Crippen LogP contribution in [0.4, 0.5) is 0 Å². The van der Waals surface area contributed by atoms with Crippen molar-refractivity contribution >= 4 is 16.7 Å². The van der Waals surface area contributed by atoms with Crippen molar-refractivity contribution in [3.63, 3.8) is 0 Å². The number of pyridine rings is 1. The largest absolute Gasteiger partial charge is 0.474 e. The Morgan fingerprint density at radius 2 is 2.10 bits per heavy atom. The summed E-state index contributed by atoms with van der Waals surface area (Å²) in [5, 5.41) is 5.16. The summed E-state index contributed by atoms with van der Waals surface area (Å²) in [7, 11) is 1.38. The molecule has 5 nitrogen and oxygen atoms in total. The van der Waals surface area contributed by atoms with E-state index in [1.807, 2.05) is 12.1 Å². The molecular formula is C16H18N2O3. The van der Waals surface area contributed by atoms with Crippen LogP contribution in [0.2, 0.25) is 0 Å². The van der Waals surface area contributed by atoms with Crippen molar-refractivity contribution < 1.29 is 14.3 Å². The van der Waals surface area contributed by atoms with Gasteiger partial charge >= 0.3 is 5.97 Å². The molecule has 0 spiro atoms. The lowest BCUT2D eigenvalue weighted by Gasteiger charge is -2.23. The van der Waals surface area contributed by atoms with Gasteiger partial charge < -0.3 is 14.8 Å². The zero-order chi connectivity index (χ0) is 14.7. The minimum absolute atomic E-state index is 0.172. The number of carbonyl (C=O) groups is 1. The SMILES string of the molecule is COC(=O)c1ccc2ccnc(OC3CCNCC3)c2c1. The van der Waals surface area contributed by atoms with Crippen LogP contribution in [-0.2, 0) is 4.74 Å². The molecule has 3 rings (SSSR count). The van der Waals surface area contributed by atoms with E-state index in [4.69, 9.17) is 9.47 Å². The molecule has 2 aromatic rings. The highest BCUT2D eigenvalue weighted by molar-refractivity contribution is 5.96. The lowest BCUT2D eigenvalue weighted by atomic mass is 10.1. The van der Waals surface area contributed by atoms with Crippen molar-refractivity contribution in [2.24, 2.45) is 0 Å². The highest BCUT2D eigenvalue weighted by Crippen LogP contribution is 2.26. The van der Waals surface area contributed by atoms with E-state index in [2.05, 4.69) is 10.3 Å². The number of methoxy groups -OCH3 is 1. The first-order chi connectivity index (χ1) is 10.3. The molecular weight excluding hydrogens is 268 g/mol. The fourth-order valence-corrected chi connectivity index (χ4v) is 2.55. The first-order valence-corrected chi connectivity index (χ1v) is 7.12. The van der Waals surface area contributed by atoms with Gasteiger partial charge in [-0.3, -0.25) is 0 Å². The Labute approximate surface area is 123 Å². The van der Waals surface area contributed by atoms with Gasteiger partial charge in [0.1, 0.15) is 6.10 Å². The Kier molecular flexibility index (Phi) is 4.01. The van der Waals surface area contributed by atoms with Gasteiger partial charge in [-0.25, -0.2) is 9.78 Å². The highest BCUT2D eigenvalue weighted by atomic mass is 16.5. The normalized spacial score (nSPS) is 15.9. The average molecular weight is 286 g/mol. The summed E-state index contributed by atoms with van der Waals surface area (Å²) in [6, 6.07) is 7.33. The molecule has 0 amide bonds. The lowest BCUT2D eigenvalue weighted by molar-refractivity contribution is 0.0601. The molecule has 0 aliphatic carbocycles. The van der Waals surface area contributed by atoms with Crippen LogP contribution >= 0.6 is 0 Å². The number of rotatable bonds is 3. The summed E-state index contributed by atoms with van der Waals surface area (Å²) in [4.78, 5) is 16.0. The van der Waals surface area contributed by atoms with E-state index in [1.165, 1.54) is 7.11 Å². The van der Waals surface area contributed by atoms with Gasteiger partial charge in [0.2, 0.25) is 5.88 Å². The molecule has 110 valence electrons. The van der Waals surface area contributed by atoms with Gasteiger partial charge in [0.05, 0.1) is 12.7 Å². The van der Waals surface area contributed by atoms with E-state index < -0.39 is 0 Å². The smallest absolute Gasteiger partial charge is 0.337 e. The number of fused-ring (bicyclic) bond motifs is 1. The van der Waals surface area contributed by atoms with Gasteiger partial charge in [0, 0.05) is 11.6 Å². The predicted molar refractivity (Wildman–Crippen MR) is 79.6 cm³/mol. The first kappa shape index (κ1) is 13.8. The summed E-state index contributed by atoms with van der Waals surface area (Å²) in [6.07, 6.45) is 3.84. The van der Waals surface area contributed by atoms with E-state index in [9.17, 15) is 4.79 Å². The Balaban J connectivity index is 1.94. The number of nitrogens with one attached hydrogen (secondary N) is 1. The molecule has 1 fully saturated rings. The Bertz CT molecular complexity index is 651. The van der Waals surface area contributed by atoms with Crippen molar-refractivity contribution in [3.05, 3.63) is 36.0 Å². The molecule has 1 aromatic carbocycles. The summed E-state index contributed by atoms with van der Waals surface area (Å²) in [5.74, 6) is 0.235. The maximum absolute atomic E-state index is 11.7. The second-order valence-electron chi connectivity index (χ2n) is 5.11. The molecule has 21 heavy (non-hydrogen) atoms. The van der Waals surface area contributed by atoms with E-state index >= 15 is 0 Å². The molecule has 5 heteroatoms. The van der Waals surface area contributed by atoms with E-state index in [0.717, 1.165) is 36.7 Å². The van der Waals surface area contributed by atoms with Crippen LogP contribution < -0.4 is 10.1 Å². The van der Waals surface area contributed by atoms with Crippen molar-refractivity contribution in [2.45, 2.75) is 18.9 Å². The minimum Gasteiger partial charge on any atom is -0.474 e. The van der Waals surface area contributed by atoms with Crippen molar-refractivity contribution in [2.75, 3.05) is 20.2 Å². The first-order valence-electron chi connectivity index (χ1n) is 7.12. The minimum atomic E-state index is -0.353. The van der Waals surface area contributed by atoms with Crippen LogP contribution in [0.5, 0.6) is 5.88 Å². The van der Waals surface area contributed by atoms with Gasteiger partial charge in [-0.15, -0.1) is 0 Å². The third kappa shape index (κ3) is 2.97. The summed E-state index contributed by atoms with van der Waals surface area (Å²) in [6.45, 7) is 1.92. The van der Waals surface area contributed by atoms with Crippen LogP contribution in [0.25, 0.3) is 10.8 Å². The molecule has 1 aliphatic heterocycles. The number of piperidine rings is 1. The molecule has 1 N–H and O–H groups in total. The third-order valence-electron chi connectivity index (χ3n) is 3.72. The number of ether oxygens (including phenoxy) is 2. The van der Waals surface area contributed by atoms with Crippen LogP contribution in [0.1, 0.15) is 23.2 Å². The van der Waals surface area contributed by atoms with Gasteiger partial charge in [-0.2, -0.15) is 0 Å². The van der Waals surface area contributed by atoms with Crippen LogP contribution in [0, 0.1) is 0 Å². The fraction of sp³-hybridized carbons (Fsp3) is 0.375. The quantitative estimate of drug-likeness (QED) is 0.876. The van der Waals surface area contributed by atoms with Crippen molar-refractivity contribution in [3.8, 4) is 5.88 Å². The zero-order valence-electron chi connectivity index (χ0n) is 12.0. The molecule has 0 saturated carbocycles. The van der Waals surface area contributed by atoms with Crippen LogP contribution in [0.15, 0.2) is 30.5 Å². The fourth-order valence-electron chi connectivity index (χ4n) is 2.55. The molecule has 0 unspecified atom stereocenters. The zero-order valence-corrected chi connectivity index (χ0v) is 12.0. The lowest BCUT2D eigenvalue weighted by Crippen LogP contribution is -2.34. The molecule has 2 heterocycles. The van der Waals surface area contributed by atoms with Gasteiger partial charge in [-0.05, 0) is 49.5 Å². The molecule has 1 aromatic heterocycles. The Morgan fingerprint density at radius 3 is 2.86 bits per heavy atom. The maximum atomic E-state index is 11.7. The van der Waals surface area contributed by atoms with Crippen molar-refractivity contribution in [1.82, 2.24) is 10.3 Å². The monoisotopic (exact) mass is 286 g/mol. The number of esters is 1. The van der Waals surface area contributed by atoms with Gasteiger partial charge in [-0.1, -0.05) is 6.07 Å². The molecule has 1 aliphatic rings. The van der Waals surface area contributed by atoms with Gasteiger partial charge in [0.25, 0.3) is 0 Å². The molecule has 1 saturated heterocycles. The van der Waals surface area contributed by atoms with E-state index in [0.29, 0.717) is 11.4 Å². The second-order valence-corrected chi connectivity index (χ2v) is 5.11. The Hall–Kier alpha value is -2.14. The number of benzene rings is 1. The molecule has 0 radical (unpaired) electrons. The molecule has 0 atom stereocenters. The summed E-state index contributed by atoms with van der Waals surface area (Å²) in [5.41, 5.74) is 0.508. The highest BCUT2D eigenvalue weighted by Gasteiger charge is 2.17. The van der Waals surface area contributed by atoms with E-state index in [-0.39, 0.29) is 12.1 Å². The Morgan fingerprint density at radius 1 is 1.29 bits per heavy atom. The van der Waals surface area contributed by atoms with E-state index in [1.54, 1.807) is 18.3 Å². The number of hydrogen-bond donors (Lipinski definition) is 1. The maximum Gasteiger partial charge on any atom is 0.337 e. The summed E-state index contributed by atoms with van der Waals surface area (Å²) < 4.78 is 10.8. The molecule has 0 bridgehead atoms. The number of nitrogens with zero attached hydrogens (tertiary/aromatic N) is 1. The average Bonchev–Trinajstić information content (AvgIpc) is 2.55. The third-order valence-corrected chi connectivity index (χ3v) is 3.72. The summed E-state index contributed by atoms with van der Waals surface area (Å²) >= 11 is 0. The number of hydrogen-bond acceptors (Lipinski definition) is 5. The van der Waals surface area contributed by atoms with Crippen molar-refractivity contribution in [1.29, 1.82) is 0 Å². The van der Waals surface area contributed by atoms with Gasteiger partial charge in [0.15, 0.2) is 0 Å².